The van der Waals surface area contributed by atoms with Crippen molar-refractivity contribution in [3.8, 4) is 18.1 Å². The molecular weight excluding hydrogens is 356 g/mol. The first-order valence-corrected chi connectivity index (χ1v) is 8.60. The zero-order chi connectivity index (χ0) is 20.4. The highest BCUT2D eigenvalue weighted by Crippen LogP contribution is 2.29. The fourth-order valence-corrected chi connectivity index (χ4v) is 2.91. The van der Waals surface area contributed by atoms with Crippen molar-refractivity contribution in [3.05, 3.63) is 69.1 Å². The molecule has 0 radical (unpaired) electrons. The number of rotatable bonds is 3. The normalized spacial score (nSPS) is 10.5. The molecule has 0 unspecified atom stereocenters. The third-order valence-electron chi connectivity index (χ3n) is 4.44. The SMILES string of the molecule is C#Cc1cc2c(C)c(Cc3cccc(N)c3)c(=O)oc2cc1OC(=O)N(C)C. The fourth-order valence-electron chi connectivity index (χ4n) is 2.91. The molecule has 1 aromatic heterocycles. The van der Waals surface area contributed by atoms with Gasteiger partial charge in [-0.2, -0.15) is 0 Å². The highest BCUT2D eigenvalue weighted by Gasteiger charge is 2.17. The Morgan fingerprint density at radius 3 is 2.68 bits per heavy atom. The number of fused-ring (bicyclic) bond motifs is 1. The quantitative estimate of drug-likeness (QED) is 0.431. The summed E-state index contributed by atoms with van der Waals surface area (Å²) in [5, 5.41) is 0.691. The molecule has 0 fully saturated rings. The Morgan fingerprint density at radius 1 is 1.29 bits per heavy atom. The lowest BCUT2D eigenvalue weighted by molar-refractivity contribution is 0.172. The Bertz CT molecular complexity index is 1170. The monoisotopic (exact) mass is 376 g/mol. The van der Waals surface area contributed by atoms with E-state index in [1.54, 1.807) is 26.2 Å². The topological polar surface area (TPSA) is 85.8 Å². The molecule has 3 rings (SSSR count). The van der Waals surface area contributed by atoms with Crippen molar-refractivity contribution in [1.29, 1.82) is 0 Å². The molecule has 0 saturated heterocycles. The van der Waals surface area contributed by atoms with Crippen LogP contribution in [0.2, 0.25) is 0 Å². The second-order valence-corrected chi connectivity index (χ2v) is 6.67. The Labute approximate surface area is 162 Å². The molecule has 2 aromatic carbocycles. The summed E-state index contributed by atoms with van der Waals surface area (Å²) in [6, 6.07) is 10.5. The lowest BCUT2D eigenvalue weighted by Crippen LogP contribution is -2.25. The van der Waals surface area contributed by atoms with Gasteiger partial charge in [0.25, 0.3) is 0 Å². The highest BCUT2D eigenvalue weighted by atomic mass is 16.6. The van der Waals surface area contributed by atoms with E-state index < -0.39 is 11.7 Å². The lowest BCUT2D eigenvalue weighted by atomic mass is 9.98. The van der Waals surface area contributed by atoms with Crippen LogP contribution in [0.3, 0.4) is 0 Å². The van der Waals surface area contributed by atoms with Gasteiger partial charge in [0.1, 0.15) is 5.58 Å². The summed E-state index contributed by atoms with van der Waals surface area (Å²) in [7, 11) is 3.12. The molecule has 0 spiro atoms. The molecule has 0 bridgehead atoms. The number of hydrogen-bond donors (Lipinski definition) is 1. The van der Waals surface area contributed by atoms with Gasteiger partial charge < -0.3 is 19.8 Å². The first kappa shape index (κ1) is 19.1. The number of hydrogen-bond acceptors (Lipinski definition) is 5. The van der Waals surface area contributed by atoms with E-state index in [0.717, 1.165) is 11.1 Å². The summed E-state index contributed by atoms with van der Waals surface area (Å²) in [4.78, 5) is 25.7. The average molecular weight is 376 g/mol. The molecule has 0 aliphatic carbocycles. The number of nitrogens with zero attached hydrogens (tertiary/aromatic N) is 1. The molecule has 6 nitrogen and oxygen atoms in total. The number of amides is 1. The van der Waals surface area contributed by atoms with Gasteiger partial charge in [0.15, 0.2) is 5.75 Å². The van der Waals surface area contributed by atoms with Crippen molar-refractivity contribution in [2.75, 3.05) is 19.8 Å². The van der Waals surface area contributed by atoms with E-state index in [4.69, 9.17) is 21.3 Å². The number of nitrogen functional groups attached to an aromatic ring is 1. The van der Waals surface area contributed by atoms with Gasteiger partial charge in [0.05, 0.1) is 5.56 Å². The van der Waals surface area contributed by atoms with Crippen molar-refractivity contribution in [3.63, 3.8) is 0 Å². The van der Waals surface area contributed by atoms with Crippen LogP contribution in [-0.4, -0.2) is 25.1 Å². The minimum absolute atomic E-state index is 0.167. The van der Waals surface area contributed by atoms with E-state index in [-0.39, 0.29) is 5.75 Å². The zero-order valence-corrected chi connectivity index (χ0v) is 15.9. The third-order valence-corrected chi connectivity index (χ3v) is 4.44. The van der Waals surface area contributed by atoms with Gasteiger partial charge in [-0.05, 0) is 36.2 Å². The molecule has 0 saturated carbocycles. The van der Waals surface area contributed by atoms with Crippen LogP contribution in [0.5, 0.6) is 5.75 Å². The summed E-state index contributed by atoms with van der Waals surface area (Å²) in [6.45, 7) is 1.84. The molecule has 1 heterocycles. The molecule has 1 amide bonds. The maximum Gasteiger partial charge on any atom is 0.414 e. The molecule has 0 aliphatic heterocycles. The first-order chi connectivity index (χ1) is 13.3. The Balaban J connectivity index is 2.12. The molecule has 3 aromatic rings. The van der Waals surface area contributed by atoms with Gasteiger partial charge in [-0.25, -0.2) is 9.59 Å². The Kier molecular flexibility index (Phi) is 5.10. The number of terminal acetylenes is 1. The fraction of sp³-hybridized carbons (Fsp3) is 0.182. The van der Waals surface area contributed by atoms with Gasteiger partial charge in [-0.1, -0.05) is 18.1 Å². The number of nitrogens with two attached hydrogens (primary N) is 1. The lowest BCUT2D eigenvalue weighted by Gasteiger charge is -2.14. The van der Waals surface area contributed by atoms with Crippen LogP contribution in [0.4, 0.5) is 10.5 Å². The van der Waals surface area contributed by atoms with Crippen molar-refractivity contribution in [2.24, 2.45) is 0 Å². The summed E-state index contributed by atoms with van der Waals surface area (Å²) in [6.07, 6.45) is 5.40. The van der Waals surface area contributed by atoms with E-state index in [2.05, 4.69) is 5.92 Å². The van der Waals surface area contributed by atoms with Crippen LogP contribution in [0, 0.1) is 19.3 Å². The van der Waals surface area contributed by atoms with E-state index in [9.17, 15) is 9.59 Å². The predicted molar refractivity (Wildman–Crippen MR) is 109 cm³/mol. The second kappa shape index (κ2) is 7.49. The van der Waals surface area contributed by atoms with E-state index in [0.29, 0.717) is 34.2 Å². The molecular formula is C22H20N2O4. The van der Waals surface area contributed by atoms with E-state index in [1.165, 1.54) is 11.0 Å². The van der Waals surface area contributed by atoms with Crippen molar-refractivity contribution >= 4 is 22.7 Å². The van der Waals surface area contributed by atoms with Crippen LogP contribution in [0.1, 0.15) is 22.3 Å². The number of benzene rings is 2. The molecule has 6 heteroatoms. The maximum atomic E-state index is 12.6. The van der Waals surface area contributed by atoms with Gasteiger partial charge in [0, 0.05) is 43.2 Å². The Hall–Kier alpha value is -3.72. The van der Waals surface area contributed by atoms with Crippen molar-refractivity contribution < 1.29 is 13.9 Å². The number of aryl methyl sites for hydroxylation is 1. The number of ether oxygens (including phenoxy) is 1. The predicted octanol–water partition coefficient (Wildman–Crippen LogP) is 3.32. The number of carbonyl (C=O) groups excluding carboxylic acids is 1. The maximum absolute atomic E-state index is 12.6. The minimum Gasteiger partial charge on any atom is -0.422 e. The largest absolute Gasteiger partial charge is 0.422 e. The van der Waals surface area contributed by atoms with Gasteiger partial charge >= 0.3 is 11.7 Å². The van der Waals surface area contributed by atoms with Crippen LogP contribution in [0.15, 0.2) is 45.6 Å². The van der Waals surface area contributed by atoms with Crippen LogP contribution in [-0.2, 0) is 6.42 Å². The molecule has 0 atom stereocenters. The highest BCUT2D eigenvalue weighted by molar-refractivity contribution is 5.86. The van der Waals surface area contributed by atoms with Gasteiger partial charge in [-0.3, -0.25) is 0 Å². The first-order valence-electron chi connectivity index (χ1n) is 8.60. The van der Waals surface area contributed by atoms with Crippen LogP contribution < -0.4 is 16.1 Å². The summed E-state index contributed by atoms with van der Waals surface area (Å²) in [5.74, 6) is 2.68. The number of anilines is 1. The smallest absolute Gasteiger partial charge is 0.414 e. The molecule has 142 valence electrons. The average Bonchev–Trinajstić information content (AvgIpc) is 2.64. The summed E-state index contributed by atoms with van der Waals surface area (Å²) in [5.41, 5.74) is 8.90. The summed E-state index contributed by atoms with van der Waals surface area (Å²) >= 11 is 0. The van der Waals surface area contributed by atoms with Gasteiger partial charge in [0.2, 0.25) is 0 Å². The van der Waals surface area contributed by atoms with Gasteiger partial charge in [-0.15, -0.1) is 6.42 Å². The van der Waals surface area contributed by atoms with Crippen molar-refractivity contribution in [2.45, 2.75) is 13.3 Å². The van der Waals surface area contributed by atoms with E-state index >= 15 is 0 Å². The van der Waals surface area contributed by atoms with E-state index in [1.807, 2.05) is 25.1 Å². The Morgan fingerprint density at radius 2 is 2.04 bits per heavy atom. The minimum atomic E-state index is -0.576. The third kappa shape index (κ3) is 3.69. The molecule has 0 aliphatic rings. The van der Waals surface area contributed by atoms with Crippen LogP contribution >= 0.6 is 0 Å². The standard InChI is InChI=1S/C22H20N2O4/c1-5-15-11-17-13(2)18(10-14-7-6-8-16(23)9-14)21(25)27-20(17)12-19(15)28-22(26)24(3)4/h1,6-9,11-12H,10,23H2,2-4H3. The summed E-state index contributed by atoms with van der Waals surface area (Å²) < 4.78 is 10.8. The zero-order valence-electron chi connectivity index (χ0n) is 15.9. The second-order valence-electron chi connectivity index (χ2n) is 6.67. The molecule has 28 heavy (non-hydrogen) atoms. The van der Waals surface area contributed by atoms with Crippen LogP contribution in [0.25, 0.3) is 11.0 Å². The molecule has 2 N–H and O–H groups in total. The number of carbonyl (C=O) groups is 1. The van der Waals surface area contributed by atoms with Crippen molar-refractivity contribution in [1.82, 2.24) is 4.90 Å².